The maximum absolute atomic E-state index is 9.36. The monoisotopic (exact) mass is 272 g/mol. The average Bonchev–Trinajstić information content (AvgIpc) is 2.63. The standard InChI is InChI=1S/C12H21ClN4O/c1-10(18)8-16-3-5-17(6-4-16)9-12-14-7-11(13)15(12)2/h7,10,18H,3-6,8-9H2,1-2H3/t10-/m1/s1. The largest absolute Gasteiger partial charge is 0.392 e. The summed E-state index contributed by atoms with van der Waals surface area (Å²) in [6.45, 7) is 7.47. The Morgan fingerprint density at radius 3 is 2.44 bits per heavy atom. The maximum atomic E-state index is 9.36. The summed E-state index contributed by atoms with van der Waals surface area (Å²) in [5.74, 6) is 1.00. The number of aliphatic hydroxyl groups is 1. The molecule has 102 valence electrons. The molecule has 0 spiro atoms. The van der Waals surface area contributed by atoms with Gasteiger partial charge in [0.25, 0.3) is 0 Å². The Morgan fingerprint density at radius 2 is 1.94 bits per heavy atom. The predicted octanol–water partition coefficient (Wildman–Crippen LogP) is 0.572. The van der Waals surface area contributed by atoms with E-state index < -0.39 is 0 Å². The molecule has 1 aromatic heterocycles. The number of halogens is 1. The van der Waals surface area contributed by atoms with Crippen molar-refractivity contribution >= 4 is 11.6 Å². The molecule has 1 atom stereocenters. The molecule has 5 nitrogen and oxygen atoms in total. The van der Waals surface area contributed by atoms with Gasteiger partial charge in [0.2, 0.25) is 0 Å². The van der Waals surface area contributed by atoms with Crippen molar-refractivity contribution < 1.29 is 5.11 Å². The van der Waals surface area contributed by atoms with Crippen LogP contribution in [-0.2, 0) is 13.6 Å². The van der Waals surface area contributed by atoms with Gasteiger partial charge in [-0.05, 0) is 6.92 Å². The summed E-state index contributed by atoms with van der Waals surface area (Å²) in [5.41, 5.74) is 0. The zero-order valence-electron chi connectivity index (χ0n) is 11.0. The Labute approximate surface area is 113 Å². The second-order valence-corrected chi connectivity index (χ2v) is 5.37. The third kappa shape index (κ3) is 3.45. The summed E-state index contributed by atoms with van der Waals surface area (Å²) >= 11 is 5.97. The van der Waals surface area contributed by atoms with Gasteiger partial charge in [-0.1, -0.05) is 11.6 Å². The molecule has 1 fully saturated rings. The van der Waals surface area contributed by atoms with Crippen molar-refractivity contribution in [3.05, 3.63) is 17.2 Å². The van der Waals surface area contributed by atoms with E-state index in [1.165, 1.54) is 0 Å². The number of imidazole rings is 1. The van der Waals surface area contributed by atoms with Crippen LogP contribution in [0.5, 0.6) is 0 Å². The molecular weight excluding hydrogens is 252 g/mol. The molecule has 1 aliphatic heterocycles. The summed E-state index contributed by atoms with van der Waals surface area (Å²) in [7, 11) is 1.94. The Morgan fingerprint density at radius 1 is 1.33 bits per heavy atom. The van der Waals surface area contributed by atoms with E-state index in [-0.39, 0.29) is 6.10 Å². The van der Waals surface area contributed by atoms with Crippen LogP contribution < -0.4 is 0 Å². The van der Waals surface area contributed by atoms with Crippen molar-refractivity contribution in [1.29, 1.82) is 0 Å². The number of aromatic nitrogens is 2. The lowest BCUT2D eigenvalue weighted by Crippen LogP contribution is -2.48. The molecular formula is C12H21ClN4O. The van der Waals surface area contributed by atoms with Gasteiger partial charge in [0.05, 0.1) is 18.8 Å². The topological polar surface area (TPSA) is 44.5 Å². The number of hydrogen-bond donors (Lipinski definition) is 1. The van der Waals surface area contributed by atoms with Crippen LogP contribution in [0.25, 0.3) is 0 Å². The average molecular weight is 273 g/mol. The van der Waals surface area contributed by atoms with E-state index in [2.05, 4.69) is 14.8 Å². The summed E-state index contributed by atoms with van der Waals surface area (Å²) in [4.78, 5) is 8.98. The lowest BCUT2D eigenvalue weighted by Gasteiger charge is -2.34. The molecule has 0 amide bonds. The van der Waals surface area contributed by atoms with Crippen LogP contribution >= 0.6 is 11.6 Å². The fourth-order valence-electron chi connectivity index (χ4n) is 2.27. The predicted molar refractivity (Wildman–Crippen MR) is 71.6 cm³/mol. The molecule has 0 unspecified atom stereocenters. The zero-order valence-corrected chi connectivity index (χ0v) is 11.8. The molecule has 18 heavy (non-hydrogen) atoms. The third-order valence-corrected chi connectivity index (χ3v) is 3.73. The number of aliphatic hydroxyl groups excluding tert-OH is 1. The molecule has 1 N–H and O–H groups in total. The molecule has 1 aliphatic rings. The first-order valence-corrected chi connectivity index (χ1v) is 6.73. The Kier molecular flexibility index (Phi) is 4.61. The molecule has 0 aromatic carbocycles. The highest BCUT2D eigenvalue weighted by atomic mass is 35.5. The Balaban J connectivity index is 1.82. The first kappa shape index (κ1) is 13.8. The van der Waals surface area contributed by atoms with Crippen LogP contribution in [0.4, 0.5) is 0 Å². The van der Waals surface area contributed by atoms with Crippen LogP contribution in [0.2, 0.25) is 5.15 Å². The molecule has 2 heterocycles. The summed E-state index contributed by atoms with van der Waals surface area (Å²) in [6, 6.07) is 0. The van der Waals surface area contributed by atoms with Crippen LogP contribution in [0.15, 0.2) is 6.20 Å². The minimum Gasteiger partial charge on any atom is -0.392 e. The van der Waals surface area contributed by atoms with Gasteiger partial charge in [0.15, 0.2) is 0 Å². The Hall–Kier alpha value is -0.620. The van der Waals surface area contributed by atoms with Gasteiger partial charge >= 0.3 is 0 Å². The number of piperazine rings is 1. The first-order chi connectivity index (χ1) is 8.56. The summed E-state index contributed by atoms with van der Waals surface area (Å²) < 4.78 is 1.92. The molecule has 1 aromatic rings. The quantitative estimate of drug-likeness (QED) is 0.871. The lowest BCUT2D eigenvalue weighted by molar-refractivity contribution is 0.0768. The van der Waals surface area contributed by atoms with Gasteiger partial charge in [-0.25, -0.2) is 4.98 Å². The minimum atomic E-state index is -0.245. The highest BCUT2D eigenvalue weighted by Gasteiger charge is 2.19. The molecule has 2 rings (SSSR count). The van der Waals surface area contributed by atoms with Gasteiger partial charge < -0.3 is 9.67 Å². The third-order valence-electron chi connectivity index (χ3n) is 3.38. The van der Waals surface area contributed by atoms with Gasteiger partial charge in [0, 0.05) is 39.8 Å². The molecule has 0 saturated carbocycles. The van der Waals surface area contributed by atoms with E-state index in [4.69, 9.17) is 11.6 Å². The van der Waals surface area contributed by atoms with Crippen molar-refractivity contribution in [3.63, 3.8) is 0 Å². The van der Waals surface area contributed by atoms with Crippen molar-refractivity contribution in [1.82, 2.24) is 19.4 Å². The van der Waals surface area contributed by atoms with E-state index in [9.17, 15) is 5.11 Å². The van der Waals surface area contributed by atoms with Crippen LogP contribution in [0, 0.1) is 0 Å². The number of hydrogen-bond acceptors (Lipinski definition) is 4. The molecule has 6 heteroatoms. The minimum absolute atomic E-state index is 0.245. The highest BCUT2D eigenvalue weighted by Crippen LogP contribution is 2.12. The van der Waals surface area contributed by atoms with E-state index in [0.29, 0.717) is 5.15 Å². The second kappa shape index (κ2) is 6.02. The molecule has 0 radical (unpaired) electrons. The summed E-state index contributed by atoms with van der Waals surface area (Å²) in [6.07, 6.45) is 1.45. The highest BCUT2D eigenvalue weighted by molar-refractivity contribution is 6.29. The molecule has 0 aliphatic carbocycles. The SMILES string of the molecule is C[C@@H](O)CN1CCN(Cc2ncc(Cl)n2C)CC1. The van der Waals surface area contributed by atoms with E-state index in [0.717, 1.165) is 45.1 Å². The van der Waals surface area contributed by atoms with Crippen LogP contribution in [-0.4, -0.2) is 63.3 Å². The lowest BCUT2D eigenvalue weighted by atomic mass is 10.2. The smallest absolute Gasteiger partial charge is 0.128 e. The van der Waals surface area contributed by atoms with E-state index in [1.807, 2.05) is 18.5 Å². The fourth-order valence-corrected chi connectivity index (χ4v) is 2.42. The number of β-amino-alcohol motifs (C(OH)–C–C–N with tert-alkyl or cyclic N) is 1. The molecule has 1 saturated heterocycles. The zero-order chi connectivity index (χ0) is 13.1. The second-order valence-electron chi connectivity index (χ2n) is 4.98. The summed E-state index contributed by atoms with van der Waals surface area (Å²) in [5, 5.41) is 10.0. The van der Waals surface area contributed by atoms with Gasteiger partial charge in [-0.15, -0.1) is 0 Å². The van der Waals surface area contributed by atoms with E-state index >= 15 is 0 Å². The van der Waals surface area contributed by atoms with Crippen LogP contribution in [0.3, 0.4) is 0 Å². The van der Waals surface area contributed by atoms with Crippen molar-refractivity contribution in [3.8, 4) is 0 Å². The van der Waals surface area contributed by atoms with Crippen molar-refractivity contribution in [2.45, 2.75) is 19.6 Å². The van der Waals surface area contributed by atoms with Gasteiger partial charge in [0.1, 0.15) is 11.0 Å². The van der Waals surface area contributed by atoms with Crippen molar-refractivity contribution in [2.24, 2.45) is 7.05 Å². The fraction of sp³-hybridized carbons (Fsp3) is 0.750. The number of nitrogens with zero attached hydrogens (tertiary/aromatic N) is 4. The van der Waals surface area contributed by atoms with Gasteiger partial charge in [-0.3, -0.25) is 9.80 Å². The van der Waals surface area contributed by atoms with Crippen molar-refractivity contribution in [2.75, 3.05) is 32.7 Å². The maximum Gasteiger partial charge on any atom is 0.128 e. The number of rotatable bonds is 4. The van der Waals surface area contributed by atoms with Gasteiger partial charge in [-0.2, -0.15) is 0 Å². The van der Waals surface area contributed by atoms with E-state index in [1.54, 1.807) is 6.20 Å². The Bertz CT molecular complexity index is 385. The first-order valence-electron chi connectivity index (χ1n) is 6.35. The van der Waals surface area contributed by atoms with Crippen LogP contribution in [0.1, 0.15) is 12.7 Å². The molecule has 0 bridgehead atoms. The normalized spacial score (nSPS) is 20.2.